The highest BCUT2D eigenvalue weighted by Gasteiger charge is 2.14. The van der Waals surface area contributed by atoms with E-state index in [1.54, 1.807) is 11.1 Å². The van der Waals surface area contributed by atoms with Crippen molar-refractivity contribution in [2.45, 2.75) is 85.2 Å². The lowest BCUT2D eigenvalue weighted by Gasteiger charge is -2.17. The third-order valence-electron chi connectivity index (χ3n) is 4.72. The molecule has 3 nitrogen and oxygen atoms in total. The van der Waals surface area contributed by atoms with E-state index in [0.29, 0.717) is 18.3 Å². The van der Waals surface area contributed by atoms with E-state index < -0.39 is 5.60 Å². The molecule has 0 aromatic rings. The molecule has 3 atom stereocenters. The van der Waals surface area contributed by atoms with E-state index in [1.807, 2.05) is 32.1 Å². The van der Waals surface area contributed by atoms with Crippen molar-refractivity contribution in [3.63, 3.8) is 0 Å². The molecule has 0 saturated carbocycles. The molecule has 0 aliphatic rings. The minimum atomic E-state index is -0.626. The number of unbranched alkanes of at least 4 members (excludes halogenated alkanes) is 2. The SMILES string of the molecule is CC#C/C=C/C=C/[C@@H](C)[C@@H](C)CCCC(=O)OC.CCCCC[C@@](C)(O)/C=C/Br. The fourth-order valence-corrected chi connectivity index (χ4v) is 3.07. The molecule has 0 aliphatic carbocycles. The number of carbonyl (C=O) groups excluding carboxylic acids is 1. The normalized spacial score (nSPS) is 15.3. The molecular formula is C25H41BrO3. The summed E-state index contributed by atoms with van der Waals surface area (Å²) < 4.78 is 4.62. The van der Waals surface area contributed by atoms with Gasteiger partial charge in [-0.3, -0.25) is 4.79 Å². The number of esters is 1. The van der Waals surface area contributed by atoms with Gasteiger partial charge in [0.05, 0.1) is 12.7 Å². The van der Waals surface area contributed by atoms with Gasteiger partial charge in [0, 0.05) is 6.42 Å². The van der Waals surface area contributed by atoms with Crippen LogP contribution in [0.2, 0.25) is 0 Å². The quantitative estimate of drug-likeness (QED) is 0.145. The predicted molar refractivity (Wildman–Crippen MR) is 129 cm³/mol. The lowest BCUT2D eigenvalue weighted by Crippen LogP contribution is -2.19. The van der Waals surface area contributed by atoms with E-state index in [1.165, 1.54) is 20.0 Å². The van der Waals surface area contributed by atoms with Gasteiger partial charge in [0.1, 0.15) is 0 Å². The van der Waals surface area contributed by atoms with Crippen LogP contribution in [0.15, 0.2) is 35.4 Å². The van der Waals surface area contributed by atoms with Gasteiger partial charge in [-0.05, 0) is 62.1 Å². The first-order valence-corrected chi connectivity index (χ1v) is 11.5. The van der Waals surface area contributed by atoms with Crippen LogP contribution in [0.5, 0.6) is 0 Å². The Labute approximate surface area is 187 Å². The van der Waals surface area contributed by atoms with Crippen molar-refractivity contribution < 1.29 is 14.6 Å². The Balaban J connectivity index is 0. The summed E-state index contributed by atoms with van der Waals surface area (Å²) in [5.74, 6) is 6.63. The van der Waals surface area contributed by atoms with Gasteiger partial charge in [-0.2, -0.15) is 0 Å². The van der Waals surface area contributed by atoms with Crippen LogP contribution < -0.4 is 0 Å². The topological polar surface area (TPSA) is 46.5 Å². The minimum absolute atomic E-state index is 0.119. The third kappa shape index (κ3) is 21.2. The van der Waals surface area contributed by atoms with E-state index in [0.717, 1.165) is 25.7 Å². The first-order chi connectivity index (χ1) is 13.7. The van der Waals surface area contributed by atoms with Gasteiger partial charge in [-0.1, -0.05) is 80.1 Å². The average molecular weight is 470 g/mol. The van der Waals surface area contributed by atoms with E-state index >= 15 is 0 Å². The molecule has 0 amide bonds. The van der Waals surface area contributed by atoms with Crippen molar-refractivity contribution in [1.29, 1.82) is 0 Å². The highest BCUT2D eigenvalue weighted by molar-refractivity contribution is 9.11. The second kappa shape index (κ2) is 20.0. The smallest absolute Gasteiger partial charge is 0.305 e. The molecule has 0 radical (unpaired) electrons. The molecule has 0 bridgehead atoms. The number of ether oxygens (including phenoxy) is 1. The third-order valence-corrected chi connectivity index (χ3v) is 4.99. The molecule has 0 fully saturated rings. The molecule has 29 heavy (non-hydrogen) atoms. The van der Waals surface area contributed by atoms with Crippen LogP contribution in [0, 0.1) is 23.7 Å². The summed E-state index contributed by atoms with van der Waals surface area (Å²) in [7, 11) is 1.43. The zero-order chi connectivity index (χ0) is 22.5. The van der Waals surface area contributed by atoms with Gasteiger partial charge in [-0.25, -0.2) is 0 Å². The maximum Gasteiger partial charge on any atom is 0.305 e. The summed E-state index contributed by atoms with van der Waals surface area (Å²) in [4.78, 5) is 12.7. The lowest BCUT2D eigenvalue weighted by atomic mass is 9.90. The minimum Gasteiger partial charge on any atom is -0.469 e. The summed E-state index contributed by atoms with van der Waals surface area (Å²) in [5.41, 5.74) is -0.626. The first-order valence-electron chi connectivity index (χ1n) is 10.6. The molecule has 0 aliphatic heterocycles. The number of hydrogen-bond donors (Lipinski definition) is 1. The summed E-state index contributed by atoms with van der Waals surface area (Å²) in [6.07, 6.45) is 16.6. The van der Waals surface area contributed by atoms with Crippen molar-refractivity contribution in [1.82, 2.24) is 0 Å². The van der Waals surface area contributed by atoms with Crippen molar-refractivity contribution >= 4 is 21.9 Å². The number of methoxy groups -OCH3 is 1. The van der Waals surface area contributed by atoms with E-state index in [2.05, 4.69) is 59.4 Å². The van der Waals surface area contributed by atoms with E-state index in [9.17, 15) is 9.90 Å². The molecule has 0 aromatic carbocycles. The van der Waals surface area contributed by atoms with Gasteiger partial charge < -0.3 is 9.84 Å². The summed E-state index contributed by atoms with van der Waals surface area (Å²) in [5, 5.41) is 9.62. The summed E-state index contributed by atoms with van der Waals surface area (Å²) >= 11 is 3.15. The highest BCUT2D eigenvalue weighted by Crippen LogP contribution is 2.19. The van der Waals surface area contributed by atoms with Crippen LogP contribution >= 0.6 is 15.9 Å². The molecule has 4 heteroatoms. The molecule has 0 rings (SSSR count). The molecule has 0 unspecified atom stereocenters. The molecular weight excluding hydrogens is 428 g/mol. The average Bonchev–Trinajstić information content (AvgIpc) is 2.67. The molecule has 0 spiro atoms. The first kappa shape index (κ1) is 29.9. The van der Waals surface area contributed by atoms with Crippen LogP contribution in [-0.4, -0.2) is 23.8 Å². The molecule has 0 heterocycles. The van der Waals surface area contributed by atoms with Crippen LogP contribution in [0.3, 0.4) is 0 Å². The Morgan fingerprint density at radius 3 is 2.48 bits per heavy atom. The van der Waals surface area contributed by atoms with Crippen LogP contribution in [0.1, 0.15) is 79.6 Å². The van der Waals surface area contributed by atoms with Gasteiger partial charge >= 0.3 is 5.97 Å². The van der Waals surface area contributed by atoms with Gasteiger partial charge in [0.15, 0.2) is 0 Å². The monoisotopic (exact) mass is 468 g/mol. The Kier molecular flexibility index (Phi) is 20.6. The van der Waals surface area contributed by atoms with E-state index in [4.69, 9.17) is 0 Å². The Morgan fingerprint density at radius 2 is 1.93 bits per heavy atom. The van der Waals surface area contributed by atoms with Crippen molar-refractivity contribution in [3.8, 4) is 11.8 Å². The number of carbonyl (C=O) groups is 1. The maximum absolute atomic E-state index is 11.0. The second-order valence-corrected chi connectivity index (χ2v) is 8.08. The molecule has 166 valence electrons. The number of rotatable bonds is 12. The Morgan fingerprint density at radius 1 is 1.24 bits per heavy atom. The number of halogens is 1. The summed E-state index contributed by atoms with van der Waals surface area (Å²) in [6, 6.07) is 0. The fourth-order valence-electron chi connectivity index (χ4n) is 2.50. The Bertz CT molecular complexity index is 550. The van der Waals surface area contributed by atoms with Crippen molar-refractivity contribution in [3.05, 3.63) is 35.4 Å². The number of hydrogen-bond acceptors (Lipinski definition) is 3. The van der Waals surface area contributed by atoms with Crippen molar-refractivity contribution in [2.24, 2.45) is 11.8 Å². The number of aliphatic hydroxyl groups is 1. The molecule has 1 N–H and O–H groups in total. The second-order valence-electron chi connectivity index (χ2n) is 7.55. The van der Waals surface area contributed by atoms with Crippen LogP contribution in [0.4, 0.5) is 0 Å². The predicted octanol–water partition coefficient (Wildman–Crippen LogP) is 6.96. The zero-order valence-electron chi connectivity index (χ0n) is 19.2. The van der Waals surface area contributed by atoms with Gasteiger partial charge in [0.25, 0.3) is 0 Å². The van der Waals surface area contributed by atoms with Gasteiger partial charge in [0.2, 0.25) is 0 Å². The molecule has 0 saturated heterocycles. The highest BCUT2D eigenvalue weighted by atomic mass is 79.9. The van der Waals surface area contributed by atoms with Gasteiger partial charge in [-0.15, -0.1) is 5.92 Å². The maximum atomic E-state index is 11.0. The van der Waals surface area contributed by atoms with E-state index in [-0.39, 0.29) is 5.97 Å². The van der Waals surface area contributed by atoms with Crippen molar-refractivity contribution in [2.75, 3.05) is 7.11 Å². The van der Waals surface area contributed by atoms with Crippen LogP contribution in [0.25, 0.3) is 0 Å². The fraction of sp³-hybridized carbons (Fsp3) is 0.640. The largest absolute Gasteiger partial charge is 0.469 e. The Hall–Kier alpha value is -1.31. The lowest BCUT2D eigenvalue weighted by molar-refractivity contribution is -0.140. The zero-order valence-corrected chi connectivity index (χ0v) is 20.8. The standard InChI is InChI=1S/C16H24O2.C9H17BrO/c1-5-6-7-8-9-11-14(2)15(3)12-10-13-16(17)18-4;1-3-4-5-6-9(2,11)7-8-10/h7-9,11,14-15H,10,12-13H2,1-4H3;7-8,11H,3-6H2,1-2H3/b8-7+,11-9+;8-7+/t14-,15+;9-/m11/s1. The number of allylic oxidation sites excluding steroid dienone is 4. The van der Waals surface area contributed by atoms with Crippen LogP contribution in [-0.2, 0) is 9.53 Å². The molecule has 0 aromatic heterocycles. The summed E-state index contributed by atoms with van der Waals surface area (Å²) in [6.45, 7) is 10.2.